The van der Waals surface area contributed by atoms with E-state index in [4.69, 9.17) is 9.47 Å². The van der Waals surface area contributed by atoms with E-state index in [9.17, 15) is 26.4 Å². The van der Waals surface area contributed by atoms with Crippen molar-refractivity contribution >= 4 is 16.1 Å². The maximum absolute atomic E-state index is 13.0. The third-order valence-electron chi connectivity index (χ3n) is 4.40. The van der Waals surface area contributed by atoms with Gasteiger partial charge in [0.15, 0.2) is 5.75 Å². The molecule has 34 heavy (non-hydrogen) atoms. The molecule has 0 atom stereocenters. The van der Waals surface area contributed by atoms with E-state index in [0.29, 0.717) is 5.56 Å². The van der Waals surface area contributed by atoms with Crippen molar-refractivity contribution < 1.29 is 44.8 Å². The Morgan fingerprint density at radius 3 is 1.82 bits per heavy atom. The van der Waals surface area contributed by atoms with Gasteiger partial charge in [-0.25, -0.2) is 4.79 Å². The zero-order valence-electron chi connectivity index (χ0n) is 17.7. The number of esters is 1. The van der Waals surface area contributed by atoms with Gasteiger partial charge in [0.2, 0.25) is 0 Å². The molecular weight excluding hydrogens is 477 g/mol. The van der Waals surface area contributed by atoms with Crippen LogP contribution >= 0.6 is 0 Å². The lowest BCUT2D eigenvalue weighted by molar-refractivity contribution is -0.0500. The Labute approximate surface area is 193 Å². The van der Waals surface area contributed by atoms with E-state index < -0.39 is 32.9 Å². The Morgan fingerprint density at radius 1 is 0.824 bits per heavy atom. The molecule has 3 aromatic carbocycles. The molecule has 0 aliphatic heterocycles. The summed E-state index contributed by atoms with van der Waals surface area (Å²) in [6.07, 6.45) is 0. The number of rotatable bonds is 9. The van der Waals surface area contributed by atoms with Crippen molar-refractivity contribution in [1.82, 2.24) is 0 Å². The van der Waals surface area contributed by atoms with Crippen molar-refractivity contribution in [1.29, 1.82) is 0 Å². The predicted octanol–water partition coefficient (Wildman–Crippen LogP) is 4.86. The molecule has 0 heterocycles. The summed E-state index contributed by atoms with van der Waals surface area (Å²) in [6.45, 7) is -0.0829. The van der Waals surface area contributed by atoms with E-state index >= 15 is 0 Å². The van der Waals surface area contributed by atoms with Crippen molar-refractivity contribution in [2.75, 3.05) is 7.11 Å². The van der Waals surface area contributed by atoms with Gasteiger partial charge in [-0.05, 0) is 11.1 Å². The van der Waals surface area contributed by atoms with Gasteiger partial charge in [0, 0.05) is 12.1 Å². The molecule has 180 valence electrons. The lowest BCUT2D eigenvalue weighted by atomic mass is 10.1. The highest BCUT2D eigenvalue weighted by Crippen LogP contribution is 2.38. The molecule has 7 nitrogen and oxygen atoms in total. The fourth-order valence-electron chi connectivity index (χ4n) is 2.77. The fraction of sp³-hybridized carbons (Fsp3) is 0.174. The van der Waals surface area contributed by atoms with Crippen LogP contribution in [0.1, 0.15) is 21.5 Å². The van der Waals surface area contributed by atoms with E-state index in [1.165, 1.54) is 6.07 Å². The van der Waals surface area contributed by atoms with Gasteiger partial charge in [0.05, 0.1) is 7.11 Å². The summed E-state index contributed by atoms with van der Waals surface area (Å²) in [5.74, 6) is -2.48. The number of hydrogen-bond acceptors (Lipinski definition) is 7. The van der Waals surface area contributed by atoms with Crippen LogP contribution in [-0.4, -0.2) is 27.0 Å². The number of halogens is 3. The van der Waals surface area contributed by atoms with Crippen LogP contribution in [0, 0.1) is 0 Å². The quantitative estimate of drug-likeness (QED) is 0.238. The third kappa shape index (κ3) is 6.19. The topological polar surface area (TPSA) is 88.1 Å². The molecule has 3 rings (SSSR count). The second-order valence-electron chi connectivity index (χ2n) is 6.82. The van der Waals surface area contributed by atoms with Gasteiger partial charge in [-0.3, -0.25) is 0 Å². The van der Waals surface area contributed by atoms with Crippen LogP contribution < -0.4 is 13.7 Å². The van der Waals surface area contributed by atoms with Gasteiger partial charge in [-0.1, -0.05) is 60.7 Å². The molecule has 0 aliphatic rings. The maximum Gasteiger partial charge on any atom is 0.534 e. The number of hydrogen-bond donors (Lipinski definition) is 0. The molecule has 0 saturated carbocycles. The minimum atomic E-state index is -6.10. The summed E-state index contributed by atoms with van der Waals surface area (Å²) >= 11 is 0. The number of carbonyl (C=O) groups excluding carboxylic acids is 1. The molecule has 0 N–H and O–H groups in total. The van der Waals surface area contributed by atoms with Gasteiger partial charge in [0.25, 0.3) is 0 Å². The van der Waals surface area contributed by atoms with Gasteiger partial charge in [-0.15, -0.1) is 0 Å². The standard InChI is InChI=1S/C23H19F3O7S/c1-30-22(27)21-19(32-15-17-10-6-3-7-11-17)12-18(31-14-16-8-4-2-5-9-16)13-20(21)33-34(28,29)23(24,25)26/h2-13H,14-15H2,1H3. The summed E-state index contributed by atoms with van der Waals surface area (Å²) in [4.78, 5) is 12.4. The van der Waals surface area contributed by atoms with Gasteiger partial charge < -0.3 is 18.4 Å². The van der Waals surface area contributed by atoms with Crippen molar-refractivity contribution in [3.05, 3.63) is 89.5 Å². The maximum atomic E-state index is 13.0. The van der Waals surface area contributed by atoms with Crippen molar-refractivity contribution in [2.45, 2.75) is 18.7 Å². The van der Waals surface area contributed by atoms with Crippen molar-refractivity contribution in [2.24, 2.45) is 0 Å². The first-order valence-corrected chi connectivity index (χ1v) is 11.1. The molecule has 0 radical (unpaired) electrons. The Morgan fingerprint density at radius 2 is 1.32 bits per heavy atom. The summed E-state index contributed by atoms with van der Waals surface area (Å²) in [5, 5.41) is 0. The van der Waals surface area contributed by atoms with Gasteiger partial charge >= 0.3 is 21.6 Å². The zero-order chi connectivity index (χ0) is 24.8. The zero-order valence-corrected chi connectivity index (χ0v) is 18.6. The lowest BCUT2D eigenvalue weighted by Gasteiger charge is -2.18. The number of methoxy groups -OCH3 is 1. The van der Waals surface area contributed by atoms with Crippen LogP contribution in [0.3, 0.4) is 0 Å². The number of ether oxygens (including phenoxy) is 3. The number of benzene rings is 3. The molecule has 0 saturated heterocycles. The molecule has 0 aromatic heterocycles. The largest absolute Gasteiger partial charge is 0.534 e. The normalized spacial score (nSPS) is 11.5. The fourth-order valence-corrected chi connectivity index (χ4v) is 3.24. The highest BCUT2D eigenvalue weighted by atomic mass is 32.2. The monoisotopic (exact) mass is 496 g/mol. The van der Waals surface area contributed by atoms with E-state index in [2.05, 4.69) is 8.92 Å². The van der Waals surface area contributed by atoms with Crippen LogP contribution in [0.5, 0.6) is 17.2 Å². The Kier molecular flexibility index (Phi) is 7.67. The highest BCUT2D eigenvalue weighted by Gasteiger charge is 2.49. The van der Waals surface area contributed by atoms with Crippen LogP contribution in [-0.2, 0) is 28.1 Å². The van der Waals surface area contributed by atoms with E-state index in [1.54, 1.807) is 60.7 Å². The first-order valence-electron chi connectivity index (χ1n) is 9.71. The Hall–Kier alpha value is -3.73. The van der Waals surface area contributed by atoms with Crippen LogP contribution in [0.2, 0.25) is 0 Å². The lowest BCUT2D eigenvalue weighted by Crippen LogP contribution is -2.28. The Bertz CT molecular complexity index is 1230. The highest BCUT2D eigenvalue weighted by molar-refractivity contribution is 7.88. The van der Waals surface area contributed by atoms with Crippen molar-refractivity contribution in [3.8, 4) is 17.2 Å². The average Bonchev–Trinajstić information content (AvgIpc) is 2.81. The first-order chi connectivity index (χ1) is 16.1. The molecular formula is C23H19F3O7S. The van der Waals surface area contributed by atoms with E-state index in [0.717, 1.165) is 18.7 Å². The molecule has 11 heteroatoms. The number of carbonyl (C=O) groups is 1. The smallest absolute Gasteiger partial charge is 0.489 e. The first kappa shape index (κ1) is 24.9. The molecule has 0 amide bonds. The second kappa shape index (κ2) is 10.5. The van der Waals surface area contributed by atoms with Crippen LogP contribution in [0.15, 0.2) is 72.8 Å². The van der Waals surface area contributed by atoms with Gasteiger partial charge in [0.1, 0.15) is 30.3 Å². The van der Waals surface area contributed by atoms with Crippen molar-refractivity contribution in [3.63, 3.8) is 0 Å². The summed E-state index contributed by atoms with van der Waals surface area (Å²) in [6, 6.07) is 19.6. The molecule has 0 unspecified atom stereocenters. The Balaban J connectivity index is 2.04. The summed E-state index contributed by atoms with van der Waals surface area (Å²) in [7, 11) is -5.12. The second-order valence-corrected chi connectivity index (χ2v) is 8.36. The molecule has 0 spiro atoms. The summed E-state index contributed by atoms with van der Waals surface area (Å²) in [5.41, 5.74) is -4.96. The predicted molar refractivity (Wildman–Crippen MR) is 115 cm³/mol. The number of alkyl halides is 3. The molecule has 0 bridgehead atoms. The average molecular weight is 496 g/mol. The summed E-state index contributed by atoms with van der Waals surface area (Å²) < 4.78 is 82.5. The molecule has 3 aromatic rings. The van der Waals surface area contributed by atoms with E-state index in [1.807, 2.05) is 0 Å². The minimum absolute atomic E-state index is 0.00198. The van der Waals surface area contributed by atoms with Crippen LogP contribution in [0.25, 0.3) is 0 Å². The molecule has 0 aliphatic carbocycles. The minimum Gasteiger partial charge on any atom is -0.489 e. The molecule has 0 fully saturated rings. The van der Waals surface area contributed by atoms with Crippen LogP contribution in [0.4, 0.5) is 13.2 Å². The van der Waals surface area contributed by atoms with E-state index in [-0.39, 0.29) is 24.7 Å². The third-order valence-corrected chi connectivity index (χ3v) is 5.36. The van der Waals surface area contributed by atoms with Gasteiger partial charge in [-0.2, -0.15) is 21.6 Å². The SMILES string of the molecule is COC(=O)c1c(OCc2ccccc2)cc(OCc2ccccc2)cc1OS(=O)(=O)C(F)(F)F.